The zero-order valence-corrected chi connectivity index (χ0v) is 5.52. The molecule has 0 aromatic rings. The van der Waals surface area contributed by atoms with Crippen LogP contribution >= 0.6 is 0 Å². The van der Waals surface area contributed by atoms with Gasteiger partial charge in [-0.2, -0.15) is 0 Å². The van der Waals surface area contributed by atoms with Gasteiger partial charge in [-0.05, 0) is 18.8 Å². The lowest BCUT2D eigenvalue weighted by Gasteiger charge is -2.21. The van der Waals surface area contributed by atoms with Crippen LogP contribution in [0, 0.1) is 12.0 Å². The Labute approximate surface area is 55.6 Å². The van der Waals surface area contributed by atoms with Gasteiger partial charge >= 0.3 is 0 Å². The van der Waals surface area contributed by atoms with E-state index in [9.17, 15) is 0 Å². The molecule has 0 bridgehead atoms. The molecule has 0 amide bonds. The standard InChI is InChI=1S/C7H12NO/c1-2-6(1)7-5-8-3-4-9-7/h6,8H,1-5H2. The molecule has 1 heterocycles. The van der Waals surface area contributed by atoms with Crippen LogP contribution < -0.4 is 5.32 Å². The zero-order chi connectivity index (χ0) is 6.10. The predicted octanol–water partition coefficient (Wildman–Crippen LogP) is 0.548. The molecule has 1 aliphatic heterocycles. The zero-order valence-electron chi connectivity index (χ0n) is 5.52. The number of morpholine rings is 1. The van der Waals surface area contributed by atoms with Crippen molar-refractivity contribution in [1.82, 2.24) is 5.32 Å². The molecule has 1 saturated heterocycles. The van der Waals surface area contributed by atoms with E-state index in [4.69, 9.17) is 4.74 Å². The largest absolute Gasteiger partial charge is 0.369 e. The van der Waals surface area contributed by atoms with Crippen molar-refractivity contribution in [3.8, 4) is 0 Å². The van der Waals surface area contributed by atoms with Gasteiger partial charge in [0.25, 0.3) is 0 Å². The number of nitrogens with one attached hydrogen (secondary N) is 1. The summed E-state index contributed by atoms with van der Waals surface area (Å²) in [5.41, 5.74) is 0. The second-order valence-electron chi connectivity index (χ2n) is 2.77. The molecular formula is C7H12NO. The van der Waals surface area contributed by atoms with Gasteiger partial charge < -0.3 is 10.1 Å². The molecule has 0 unspecified atom stereocenters. The number of rotatable bonds is 1. The average Bonchev–Trinajstić information content (AvgIpc) is 2.71. The molecule has 0 aromatic carbocycles. The highest BCUT2D eigenvalue weighted by molar-refractivity contribution is 4.99. The fourth-order valence-electron chi connectivity index (χ4n) is 1.18. The highest BCUT2D eigenvalue weighted by Crippen LogP contribution is 2.38. The lowest BCUT2D eigenvalue weighted by atomic mass is 10.2. The van der Waals surface area contributed by atoms with Crippen molar-refractivity contribution in [3.05, 3.63) is 6.10 Å². The van der Waals surface area contributed by atoms with Crippen molar-refractivity contribution in [2.75, 3.05) is 19.7 Å². The lowest BCUT2D eigenvalue weighted by molar-refractivity contribution is 0.0977. The molecule has 1 saturated carbocycles. The molecule has 1 radical (unpaired) electrons. The first kappa shape index (κ1) is 5.69. The Morgan fingerprint density at radius 3 is 2.89 bits per heavy atom. The molecular weight excluding hydrogens is 114 g/mol. The Bertz CT molecular complexity index is 95.1. The molecule has 2 fully saturated rings. The van der Waals surface area contributed by atoms with E-state index in [1.165, 1.54) is 18.9 Å². The van der Waals surface area contributed by atoms with E-state index in [2.05, 4.69) is 5.32 Å². The van der Waals surface area contributed by atoms with Gasteiger partial charge in [0.2, 0.25) is 0 Å². The second kappa shape index (κ2) is 2.27. The summed E-state index contributed by atoms with van der Waals surface area (Å²) in [6.45, 7) is 2.91. The Hall–Kier alpha value is -0.0800. The van der Waals surface area contributed by atoms with E-state index < -0.39 is 0 Å². The summed E-state index contributed by atoms with van der Waals surface area (Å²) in [6, 6.07) is 0. The third-order valence-corrected chi connectivity index (χ3v) is 1.90. The van der Waals surface area contributed by atoms with Crippen LogP contribution in [0.25, 0.3) is 0 Å². The fourth-order valence-corrected chi connectivity index (χ4v) is 1.18. The summed E-state index contributed by atoms with van der Waals surface area (Å²) >= 11 is 0. The minimum atomic E-state index is 0.817. The SMILES string of the molecule is C1CO[C](C2CC2)CN1. The molecule has 0 aromatic heterocycles. The van der Waals surface area contributed by atoms with Gasteiger partial charge in [0.05, 0.1) is 6.61 Å². The Kier molecular flexibility index (Phi) is 1.44. The molecule has 2 rings (SSSR count). The summed E-state index contributed by atoms with van der Waals surface area (Å²) in [6.07, 6.45) is 4.02. The first-order valence-corrected chi connectivity index (χ1v) is 3.66. The molecule has 0 spiro atoms. The van der Waals surface area contributed by atoms with Gasteiger partial charge in [0.1, 0.15) is 6.10 Å². The third kappa shape index (κ3) is 1.25. The molecule has 9 heavy (non-hydrogen) atoms. The maximum atomic E-state index is 5.46. The van der Waals surface area contributed by atoms with Crippen molar-refractivity contribution >= 4 is 0 Å². The molecule has 1 N–H and O–H groups in total. The van der Waals surface area contributed by atoms with Crippen LogP contribution in [0.3, 0.4) is 0 Å². The molecule has 1 aliphatic carbocycles. The van der Waals surface area contributed by atoms with Crippen LogP contribution in [0.2, 0.25) is 0 Å². The quantitative estimate of drug-likeness (QED) is 0.554. The molecule has 2 heteroatoms. The van der Waals surface area contributed by atoms with Crippen molar-refractivity contribution in [3.63, 3.8) is 0 Å². The summed E-state index contributed by atoms with van der Waals surface area (Å²) in [4.78, 5) is 0. The van der Waals surface area contributed by atoms with E-state index in [0.29, 0.717) is 0 Å². The molecule has 51 valence electrons. The van der Waals surface area contributed by atoms with Gasteiger partial charge in [-0.1, -0.05) is 0 Å². The van der Waals surface area contributed by atoms with Crippen LogP contribution in [-0.2, 0) is 4.74 Å². The monoisotopic (exact) mass is 126 g/mol. The summed E-state index contributed by atoms with van der Waals surface area (Å²) < 4.78 is 5.46. The van der Waals surface area contributed by atoms with E-state index >= 15 is 0 Å². The highest BCUT2D eigenvalue weighted by atomic mass is 16.5. The Balaban J connectivity index is 1.80. The summed E-state index contributed by atoms with van der Waals surface area (Å²) in [7, 11) is 0. The van der Waals surface area contributed by atoms with Crippen molar-refractivity contribution in [2.45, 2.75) is 12.8 Å². The fraction of sp³-hybridized carbons (Fsp3) is 0.857. The van der Waals surface area contributed by atoms with Crippen LogP contribution in [0.4, 0.5) is 0 Å². The van der Waals surface area contributed by atoms with Gasteiger partial charge in [-0.3, -0.25) is 0 Å². The minimum absolute atomic E-state index is 0.817. The van der Waals surface area contributed by atoms with E-state index in [1.807, 2.05) is 0 Å². The number of hydrogen-bond acceptors (Lipinski definition) is 2. The Morgan fingerprint density at radius 2 is 2.33 bits per heavy atom. The van der Waals surface area contributed by atoms with E-state index in [-0.39, 0.29) is 0 Å². The molecule has 2 aliphatic rings. The maximum Gasteiger partial charge on any atom is 0.114 e. The number of hydrogen-bond donors (Lipinski definition) is 1. The highest BCUT2D eigenvalue weighted by Gasteiger charge is 2.33. The summed E-state index contributed by atoms with van der Waals surface area (Å²) in [5, 5.41) is 3.29. The van der Waals surface area contributed by atoms with Gasteiger partial charge in [-0.25, -0.2) is 0 Å². The first-order chi connectivity index (χ1) is 4.47. The van der Waals surface area contributed by atoms with Gasteiger partial charge in [0, 0.05) is 13.1 Å². The first-order valence-electron chi connectivity index (χ1n) is 3.66. The van der Waals surface area contributed by atoms with Gasteiger partial charge in [0.15, 0.2) is 0 Å². The van der Waals surface area contributed by atoms with Crippen LogP contribution in [0.5, 0.6) is 0 Å². The van der Waals surface area contributed by atoms with Crippen LogP contribution in [-0.4, -0.2) is 19.7 Å². The number of ether oxygens (including phenoxy) is 1. The second-order valence-corrected chi connectivity index (χ2v) is 2.77. The van der Waals surface area contributed by atoms with Crippen molar-refractivity contribution in [1.29, 1.82) is 0 Å². The van der Waals surface area contributed by atoms with Crippen molar-refractivity contribution < 1.29 is 4.74 Å². The smallest absolute Gasteiger partial charge is 0.114 e. The lowest BCUT2D eigenvalue weighted by Crippen LogP contribution is -2.34. The van der Waals surface area contributed by atoms with E-state index in [0.717, 1.165) is 25.6 Å². The minimum Gasteiger partial charge on any atom is -0.369 e. The average molecular weight is 126 g/mol. The Morgan fingerprint density at radius 1 is 1.44 bits per heavy atom. The normalized spacial score (nSPS) is 30.7. The predicted molar refractivity (Wildman–Crippen MR) is 34.8 cm³/mol. The van der Waals surface area contributed by atoms with Crippen molar-refractivity contribution in [2.24, 2.45) is 5.92 Å². The van der Waals surface area contributed by atoms with Crippen LogP contribution in [0.1, 0.15) is 12.8 Å². The maximum absolute atomic E-state index is 5.46. The van der Waals surface area contributed by atoms with Crippen LogP contribution in [0.15, 0.2) is 0 Å². The summed E-state index contributed by atoms with van der Waals surface area (Å²) in [5.74, 6) is 0.817. The van der Waals surface area contributed by atoms with Gasteiger partial charge in [-0.15, -0.1) is 0 Å². The molecule has 2 nitrogen and oxygen atoms in total. The van der Waals surface area contributed by atoms with E-state index in [1.54, 1.807) is 0 Å². The molecule has 0 atom stereocenters. The third-order valence-electron chi connectivity index (χ3n) is 1.90. The topological polar surface area (TPSA) is 21.3 Å².